The van der Waals surface area contributed by atoms with Crippen molar-refractivity contribution in [2.45, 2.75) is 25.4 Å². The van der Waals surface area contributed by atoms with Crippen LogP contribution < -0.4 is 10.6 Å². The summed E-state index contributed by atoms with van der Waals surface area (Å²) in [5.74, 6) is -0.281. The lowest BCUT2D eigenvalue weighted by Crippen LogP contribution is -2.32. The van der Waals surface area contributed by atoms with E-state index in [-0.39, 0.29) is 17.2 Å². The maximum Gasteiger partial charge on any atom is 0.292 e. The summed E-state index contributed by atoms with van der Waals surface area (Å²) in [5, 5.41) is 16.6. The molecular weight excluding hydrogens is 274 g/mol. The first kappa shape index (κ1) is 15.2. The molecule has 0 aliphatic carbocycles. The van der Waals surface area contributed by atoms with Crippen LogP contribution in [0.15, 0.2) is 18.2 Å². The number of hydrogen-bond acceptors (Lipinski definition) is 5. The molecule has 2 N–H and O–H groups in total. The van der Waals surface area contributed by atoms with Crippen LogP contribution in [0.3, 0.4) is 0 Å². The number of nitrogens with one attached hydrogen (secondary N) is 2. The molecule has 0 radical (unpaired) electrons. The molecule has 1 aromatic rings. The van der Waals surface area contributed by atoms with Gasteiger partial charge in [-0.2, -0.15) is 0 Å². The number of ether oxygens (including phenoxy) is 1. The van der Waals surface area contributed by atoms with E-state index < -0.39 is 4.92 Å². The van der Waals surface area contributed by atoms with Gasteiger partial charge in [-0.1, -0.05) is 0 Å². The molecule has 114 valence electrons. The van der Waals surface area contributed by atoms with Crippen LogP contribution in [0.5, 0.6) is 0 Å². The summed E-state index contributed by atoms with van der Waals surface area (Å²) in [6.07, 6.45) is 1.89. The van der Waals surface area contributed by atoms with Gasteiger partial charge in [-0.05, 0) is 31.9 Å². The van der Waals surface area contributed by atoms with E-state index in [4.69, 9.17) is 4.74 Å². The second kappa shape index (κ2) is 6.09. The highest BCUT2D eigenvalue weighted by atomic mass is 16.6. The van der Waals surface area contributed by atoms with E-state index >= 15 is 0 Å². The van der Waals surface area contributed by atoms with Crippen LogP contribution in [0, 0.1) is 10.1 Å². The van der Waals surface area contributed by atoms with Crippen molar-refractivity contribution in [2.75, 3.05) is 25.5 Å². The molecule has 1 aromatic carbocycles. The zero-order chi connectivity index (χ0) is 15.5. The van der Waals surface area contributed by atoms with Crippen molar-refractivity contribution in [2.24, 2.45) is 0 Å². The molecule has 7 nitrogen and oxygen atoms in total. The monoisotopic (exact) mass is 293 g/mol. The summed E-state index contributed by atoms with van der Waals surface area (Å²) in [7, 11) is 1.52. The Bertz CT molecular complexity index is 553. The zero-order valence-corrected chi connectivity index (χ0v) is 12.1. The van der Waals surface area contributed by atoms with Gasteiger partial charge in [-0.3, -0.25) is 14.9 Å². The smallest absolute Gasteiger partial charge is 0.292 e. The predicted octanol–water partition coefficient (Wildman–Crippen LogP) is 1.94. The van der Waals surface area contributed by atoms with Crippen LogP contribution in [-0.2, 0) is 4.74 Å². The van der Waals surface area contributed by atoms with Gasteiger partial charge in [0.15, 0.2) is 0 Å². The second-order valence-corrected chi connectivity index (χ2v) is 5.32. The number of hydrogen-bond donors (Lipinski definition) is 2. The van der Waals surface area contributed by atoms with Crippen LogP contribution in [-0.4, -0.2) is 36.6 Å². The lowest BCUT2D eigenvalue weighted by atomic mass is 10.0. The van der Waals surface area contributed by atoms with Crippen molar-refractivity contribution in [1.82, 2.24) is 5.32 Å². The first-order chi connectivity index (χ1) is 9.95. The van der Waals surface area contributed by atoms with Crippen molar-refractivity contribution in [3.8, 4) is 0 Å². The topological polar surface area (TPSA) is 93.5 Å². The van der Waals surface area contributed by atoms with Crippen molar-refractivity contribution < 1.29 is 14.5 Å². The van der Waals surface area contributed by atoms with E-state index in [9.17, 15) is 14.9 Å². The molecule has 1 heterocycles. The van der Waals surface area contributed by atoms with Crippen molar-refractivity contribution in [3.05, 3.63) is 33.9 Å². The maximum absolute atomic E-state index is 11.6. The summed E-state index contributed by atoms with van der Waals surface area (Å²) in [5.41, 5.74) is 0.335. The van der Waals surface area contributed by atoms with Crippen molar-refractivity contribution in [1.29, 1.82) is 0 Å². The van der Waals surface area contributed by atoms with Gasteiger partial charge in [0.2, 0.25) is 0 Å². The van der Waals surface area contributed by atoms with E-state index in [1.54, 1.807) is 0 Å². The van der Waals surface area contributed by atoms with E-state index in [2.05, 4.69) is 10.6 Å². The maximum atomic E-state index is 11.6. The third kappa shape index (κ3) is 3.49. The van der Waals surface area contributed by atoms with Crippen LogP contribution in [0.25, 0.3) is 0 Å². The number of carbonyl (C=O) groups excluding carboxylic acids is 1. The predicted molar refractivity (Wildman–Crippen MR) is 78.6 cm³/mol. The molecule has 1 aliphatic rings. The van der Waals surface area contributed by atoms with E-state index in [0.29, 0.717) is 24.4 Å². The van der Waals surface area contributed by atoms with Gasteiger partial charge in [0, 0.05) is 31.8 Å². The molecule has 7 heteroatoms. The lowest BCUT2D eigenvalue weighted by molar-refractivity contribution is -0.384. The number of nitrogens with zero attached hydrogens (tertiary/aromatic N) is 1. The fraction of sp³-hybridized carbons (Fsp3) is 0.500. The van der Waals surface area contributed by atoms with Gasteiger partial charge in [0.25, 0.3) is 11.6 Å². The Balaban J connectivity index is 2.22. The molecule has 0 bridgehead atoms. The highest BCUT2D eigenvalue weighted by Gasteiger charge is 2.30. The number of anilines is 1. The molecule has 1 atom stereocenters. The van der Waals surface area contributed by atoms with Gasteiger partial charge in [-0.25, -0.2) is 0 Å². The third-order valence-electron chi connectivity index (χ3n) is 3.64. The first-order valence-electron chi connectivity index (χ1n) is 6.83. The average Bonchev–Trinajstić information content (AvgIpc) is 2.91. The summed E-state index contributed by atoms with van der Waals surface area (Å²) >= 11 is 0. The molecular formula is C14H19N3O4. The Labute approximate surface area is 122 Å². The third-order valence-corrected chi connectivity index (χ3v) is 3.64. The van der Waals surface area contributed by atoms with Gasteiger partial charge >= 0.3 is 0 Å². The molecule has 0 spiro atoms. The van der Waals surface area contributed by atoms with Gasteiger partial charge in [0.1, 0.15) is 5.69 Å². The van der Waals surface area contributed by atoms with Crippen LogP contribution in [0.4, 0.5) is 11.4 Å². The minimum Gasteiger partial charge on any atom is -0.377 e. The summed E-state index contributed by atoms with van der Waals surface area (Å²) in [6, 6.07) is 4.27. The van der Waals surface area contributed by atoms with Crippen LogP contribution in [0.1, 0.15) is 30.1 Å². The molecule has 0 saturated carbocycles. The summed E-state index contributed by atoms with van der Waals surface area (Å²) in [6.45, 7) is 3.14. The standard InChI is InChI=1S/C14H19N3O4/c1-14(6-3-7-21-14)9-16-11-8-10(13(18)15-2)4-5-12(11)17(19)20/h4-5,8,16H,3,6-7,9H2,1-2H3,(H,15,18). The molecule has 0 aromatic heterocycles. The minimum absolute atomic E-state index is 0.0516. The van der Waals surface area contributed by atoms with Crippen molar-refractivity contribution in [3.63, 3.8) is 0 Å². The van der Waals surface area contributed by atoms with Gasteiger partial charge < -0.3 is 15.4 Å². The Morgan fingerprint density at radius 2 is 2.29 bits per heavy atom. The number of benzene rings is 1. The van der Waals surface area contributed by atoms with Gasteiger partial charge in [0.05, 0.1) is 10.5 Å². The fourth-order valence-corrected chi connectivity index (χ4v) is 2.38. The molecule has 2 rings (SSSR count). The average molecular weight is 293 g/mol. The summed E-state index contributed by atoms with van der Waals surface area (Å²) < 4.78 is 5.65. The quantitative estimate of drug-likeness (QED) is 0.639. The molecule has 1 fully saturated rings. The van der Waals surface area contributed by atoms with Crippen LogP contribution >= 0.6 is 0 Å². The lowest BCUT2D eigenvalue weighted by Gasteiger charge is -2.24. The molecule has 1 aliphatic heterocycles. The Hall–Kier alpha value is -2.15. The zero-order valence-electron chi connectivity index (χ0n) is 12.1. The highest BCUT2D eigenvalue weighted by Crippen LogP contribution is 2.29. The van der Waals surface area contributed by atoms with E-state index in [1.165, 1.54) is 25.2 Å². The molecule has 1 unspecified atom stereocenters. The molecule has 21 heavy (non-hydrogen) atoms. The normalized spacial score (nSPS) is 21.0. The summed E-state index contributed by atoms with van der Waals surface area (Å²) in [4.78, 5) is 22.3. The SMILES string of the molecule is CNC(=O)c1ccc([N+](=O)[O-])c(NCC2(C)CCCO2)c1. The molecule has 1 saturated heterocycles. The van der Waals surface area contributed by atoms with E-state index in [1.807, 2.05) is 6.92 Å². The second-order valence-electron chi connectivity index (χ2n) is 5.32. The first-order valence-corrected chi connectivity index (χ1v) is 6.83. The number of nitro benzene ring substituents is 1. The van der Waals surface area contributed by atoms with E-state index in [0.717, 1.165) is 12.8 Å². The Morgan fingerprint density at radius 1 is 1.52 bits per heavy atom. The molecule has 1 amide bonds. The largest absolute Gasteiger partial charge is 0.377 e. The van der Waals surface area contributed by atoms with Gasteiger partial charge in [-0.15, -0.1) is 0 Å². The Kier molecular flexibility index (Phi) is 4.42. The Morgan fingerprint density at radius 3 is 2.86 bits per heavy atom. The number of carbonyl (C=O) groups is 1. The fourth-order valence-electron chi connectivity index (χ4n) is 2.38. The minimum atomic E-state index is -0.464. The number of rotatable bonds is 5. The highest BCUT2D eigenvalue weighted by molar-refractivity contribution is 5.95. The van der Waals surface area contributed by atoms with Crippen LogP contribution in [0.2, 0.25) is 0 Å². The van der Waals surface area contributed by atoms with Crippen molar-refractivity contribution >= 4 is 17.3 Å². The number of nitro groups is 1. The number of amides is 1.